The van der Waals surface area contributed by atoms with Crippen LogP contribution in [0.1, 0.15) is 30.9 Å². The largest absolute Gasteiger partial charge is 0.320 e. The van der Waals surface area contributed by atoms with Gasteiger partial charge in [0.25, 0.3) is 0 Å². The third-order valence-electron chi connectivity index (χ3n) is 2.79. The number of nitrogens with two attached hydrogens (primary N) is 1. The highest BCUT2D eigenvalue weighted by atomic mass is 19.2. The van der Waals surface area contributed by atoms with Gasteiger partial charge in [-0.2, -0.15) is 0 Å². The number of benzene rings is 1. The topological polar surface area (TPSA) is 26.0 Å². The van der Waals surface area contributed by atoms with Gasteiger partial charge in [-0.05, 0) is 25.3 Å². The molecule has 1 nitrogen and oxygen atoms in total. The van der Waals surface area contributed by atoms with Gasteiger partial charge >= 0.3 is 0 Å². The van der Waals surface area contributed by atoms with Crippen LogP contribution in [0, 0.1) is 11.6 Å². The standard InChI is InChI=1S/C12H13F2N/c13-10-7-3-6-9(11(10)14)12(15)8-4-1-2-5-8/h3-4,6-7,12H,1-2,5,15H2. The molecule has 0 radical (unpaired) electrons. The smallest absolute Gasteiger partial charge is 0.163 e. The molecular weight excluding hydrogens is 196 g/mol. The highest BCUT2D eigenvalue weighted by Crippen LogP contribution is 2.30. The van der Waals surface area contributed by atoms with Gasteiger partial charge in [-0.3, -0.25) is 0 Å². The van der Waals surface area contributed by atoms with Crippen molar-refractivity contribution in [2.45, 2.75) is 25.3 Å². The Bertz CT molecular complexity index is 399. The molecule has 0 spiro atoms. The van der Waals surface area contributed by atoms with Crippen LogP contribution in [0.5, 0.6) is 0 Å². The third-order valence-corrected chi connectivity index (χ3v) is 2.79. The van der Waals surface area contributed by atoms with Crippen LogP contribution < -0.4 is 5.73 Å². The maximum absolute atomic E-state index is 13.4. The van der Waals surface area contributed by atoms with Gasteiger partial charge in [0.05, 0.1) is 6.04 Å². The average Bonchev–Trinajstić information content (AvgIpc) is 2.74. The van der Waals surface area contributed by atoms with Crippen LogP contribution in [0.25, 0.3) is 0 Å². The van der Waals surface area contributed by atoms with Crippen molar-refractivity contribution in [1.29, 1.82) is 0 Å². The average molecular weight is 209 g/mol. The normalized spacial score (nSPS) is 17.7. The molecular formula is C12H13F2N. The van der Waals surface area contributed by atoms with E-state index in [1.165, 1.54) is 6.07 Å². The lowest BCUT2D eigenvalue weighted by Crippen LogP contribution is -2.14. The van der Waals surface area contributed by atoms with Crippen molar-refractivity contribution < 1.29 is 8.78 Å². The molecule has 0 amide bonds. The van der Waals surface area contributed by atoms with Gasteiger partial charge in [0.2, 0.25) is 0 Å². The molecule has 1 atom stereocenters. The number of rotatable bonds is 2. The van der Waals surface area contributed by atoms with Gasteiger partial charge in [-0.15, -0.1) is 0 Å². The molecule has 0 saturated carbocycles. The molecule has 1 aliphatic carbocycles. The van der Waals surface area contributed by atoms with Crippen molar-refractivity contribution in [3.05, 3.63) is 47.0 Å². The Balaban J connectivity index is 2.32. The quantitative estimate of drug-likeness (QED) is 0.744. The van der Waals surface area contributed by atoms with Crippen LogP contribution in [0.4, 0.5) is 8.78 Å². The summed E-state index contributed by atoms with van der Waals surface area (Å²) in [5.74, 6) is -1.65. The Morgan fingerprint density at radius 1 is 1.27 bits per heavy atom. The second-order valence-electron chi connectivity index (χ2n) is 3.79. The predicted octanol–water partition coefficient (Wildman–Crippen LogP) is 3.07. The summed E-state index contributed by atoms with van der Waals surface area (Å²) in [5.41, 5.74) is 7.16. The first-order valence-corrected chi connectivity index (χ1v) is 5.08. The van der Waals surface area contributed by atoms with Crippen LogP contribution in [0.3, 0.4) is 0 Å². The molecule has 2 N–H and O–H groups in total. The van der Waals surface area contributed by atoms with E-state index in [1.54, 1.807) is 6.07 Å². The maximum Gasteiger partial charge on any atom is 0.163 e. The molecule has 15 heavy (non-hydrogen) atoms. The minimum atomic E-state index is -0.832. The molecule has 0 bridgehead atoms. The monoisotopic (exact) mass is 209 g/mol. The maximum atomic E-state index is 13.4. The molecule has 1 unspecified atom stereocenters. The summed E-state index contributed by atoms with van der Waals surface area (Å²) in [7, 11) is 0. The zero-order chi connectivity index (χ0) is 10.8. The fraction of sp³-hybridized carbons (Fsp3) is 0.333. The fourth-order valence-electron chi connectivity index (χ4n) is 1.94. The predicted molar refractivity (Wildman–Crippen MR) is 55.2 cm³/mol. The molecule has 0 heterocycles. The summed E-state index contributed by atoms with van der Waals surface area (Å²) in [6, 6.07) is 3.64. The van der Waals surface area contributed by atoms with Crippen molar-refractivity contribution in [3.8, 4) is 0 Å². The zero-order valence-electron chi connectivity index (χ0n) is 8.34. The summed E-state index contributed by atoms with van der Waals surface area (Å²) in [6.45, 7) is 0. The van der Waals surface area contributed by atoms with E-state index in [1.807, 2.05) is 6.08 Å². The number of hydrogen-bond donors (Lipinski definition) is 1. The number of halogens is 2. The number of hydrogen-bond acceptors (Lipinski definition) is 1. The van der Waals surface area contributed by atoms with E-state index in [4.69, 9.17) is 5.73 Å². The Kier molecular flexibility index (Phi) is 2.82. The molecule has 1 aliphatic rings. The molecule has 0 saturated heterocycles. The highest BCUT2D eigenvalue weighted by Gasteiger charge is 2.19. The Morgan fingerprint density at radius 3 is 2.73 bits per heavy atom. The van der Waals surface area contributed by atoms with Gasteiger partial charge in [0.15, 0.2) is 11.6 Å². The SMILES string of the molecule is NC(C1=CCCC1)c1cccc(F)c1F. The summed E-state index contributed by atoms with van der Waals surface area (Å²) in [4.78, 5) is 0. The van der Waals surface area contributed by atoms with Crippen molar-refractivity contribution in [2.24, 2.45) is 5.73 Å². The molecule has 1 aromatic rings. The van der Waals surface area contributed by atoms with E-state index in [2.05, 4.69) is 0 Å². The van der Waals surface area contributed by atoms with E-state index in [0.29, 0.717) is 0 Å². The van der Waals surface area contributed by atoms with E-state index >= 15 is 0 Å². The molecule has 0 aromatic heterocycles. The van der Waals surface area contributed by atoms with E-state index in [0.717, 1.165) is 30.9 Å². The third kappa shape index (κ3) is 1.92. The van der Waals surface area contributed by atoms with Crippen molar-refractivity contribution in [2.75, 3.05) is 0 Å². The fourth-order valence-corrected chi connectivity index (χ4v) is 1.94. The van der Waals surface area contributed by atoms with E-state index in [9.17, 15) is 8.78 Å². The summed E-state index contributed by atoms with van der Waals surface area (Å²) in [5, 5.41) is 0. The van der Waals surface area contributed by atoms with Gasteiger partial charge in [0, 0.05) is 5.56 Å². The first kappa shape index (κ1) is 10.3. The van der Waals surface area contributed by atoms with E-state index in [-0.39, 0.29) is 5.56 Å². The minimum absolute atomic E-state index is 0.253. The van der Waals surface area contributed by atoms with E-state index < -0.39 is 17.7 Å². The van der Waals surface area contributed by atoms with Crippen molar-refractivity contribution in [1.82, 2.24) is 0 Å². The molecule has 3 heteroatoms. The lowest BCUT2D eigenvalue weighted by Gasteiger charge is -2.14. The van der Waals surface area contributed by atoms with Crippen LogP contribution in [0.2, 0.25) is 0 Å². The van der Waals surface area contributed by atoms with Crippen molar-refractivity contribution >= 4 is 0 Å². The molecule has 0 aliphatic heterocycles. The Labute approximate surface area is 87.6 Å². The Morgan fingerprint density at radius 2 is 2.07 bits per heavy atom. The van der Waals surface area contributed by atoms with Crippen LogP contribution >= 0.6 is 0 Å². The van der Waals surface area contributed by atoms with Crippen molar-refractivity contribution in [3.63, 3.8) is 0 Å². The summed E-state index contributed by atoms with van der Waals surface area (Å²) < 4.78 is 26.4. The van der Waals surface area contributed by atoms with Crippen LogP contribution in [-0.4, -0.2) is 0 Å². The van der Waals surface area contributed by atoms with Gasteiger partial charge in [0.1, 0.15) is 0 Å². The van der Waals surface area contributed by atoms with Gasteiger partial charge in [-0.1, -0.05) is 23.8 Å². The summed E-state index contributed by atoms with van der Waals surface area (Å²) in [6.07, 6.45) is 4.95. The highest BCUT2D eigenvalue weighted by molar-refractivity contribution is 5.30. The second-order valence-corrected chi connectivity index (χ2v) is 3.79. The lowest BCUT2D eigenvalue weighted by atomic mass is 9.98. The Hall–Kier alpha value is -1.22. The minimum Gasteiger partial charge on any atom is -0.320 e. The molecule has 0 fully saturated rings. The van der Waals surface area contributed by atoms with Gasteiger partial charge in [-0.25, -0.2) is 8.78 Å². The van der Waals surface area contributed by atoms with Crippen LogP contribution in [0.15, 0.2) is 29.8 Å². The van der Waals surface area contributed by atoms with Gasteiger partial charge < -0.3 is 5.73 Å². The second kappa shape index (κ2) is 4.11. The summed E-state index contributed by atoms with van der Waals surface area (Å²) >= 11 is 0. The number of allylic oxidation sites excluding steroid dienone is 1. The molecule has 80 valence electrons. The zero-order valence-corrected chi connectivity index (χ0v) is 8.34. The lowest BCUT2D eigenvalue weighted by molar-refractivity contribution is 0.493. The first-order valence-electron chi connectivity index (χ1n) is 5.08. The molecule has 1 aromatic carbocycles. The first-order chi connectivity index (χ1) is 7.20. The molecule has 2 rings (SSSR count). The van der Waals surface area contributed by atoms with Crippen LogP contribution in [-0.2, 0) is 0 Å².